The summed E-state index contributed by atoms with van der Waals surface area (Å²) in [5, 5.41) is 40.2. The maximum atomic E-state index is 14.2. The molecule has 3 N–H and O–H groups in total. The normalized spacial score (nSPS) is 27.3. The highest BCUT2D eigenvalue weighted by Gasteiger charge is 2.53. The summed E-state index contributed by atoms with van der Waals surface area (Å²) >= 11 is 7.52. The molecule has 0 amide bonds. The van der Waals surface area contributed by atoms with Crippen LogP contribution in [0.3, 0.4) is 0 Å². The lowest BCUT2D eigenvalue weighted by molar-refractivity contribution is -0.186. The summed E-state index contributed by atoms with van der Waals surface area (Å²) in [4.78, 5) is 4.52. The second-order valence-corrected chi connectivity index (χ2v) is 12.7. The van der Waals surface area contributed by atoms with Gasteiger partial charge in [0.25, 0.3) is 0 Å². The molecule has 6 atom stereocenters. The molecular weight excluding hydrogens is 635 g/mol. The number of nitrogens with zero attached hydrogens (tertiary/aromatic N) is 4. The molecule has 44 heavy (non-hydrogen) atoms. The molecule has 1 saturated heterocycles. The van der Waals surface area contributed by atoms with Crippen LogP contribution in [0.25, 0.3) is 11.3 Å². The Morgan fingerprint density at radius 3 is 2.43 bits per heavy atom. The smallest absolute Gasteiger partial charge is 0.248 e. The average molecular weight is 665 g/mol. The fraction of sp³-hybridized carbons (Fsp3) is 0.536. The largest absolute Gasteiger partial charge is 0.394 e. The molecule has 1 aromatic carbocycles. The fourth-order valence-electron chi connectivity index (χ4n) is 5.62. The first-order chi connectivity index (χ1) is 20.8. The minimum atomic E-state index is -2.94. The van der Waals surface area contributed by atoms with Gasteiger partial charge in [-0.25, -0.2) is 26.6 Å². The van der Waals surface area contributed by atoms with E-state index in [1.165, 1.54) is 18.0 Å². The van der Waals surface area contributed by atoms with Crippen molar-refractivity contribution in [2.24, 2.45) is 0 Å². The molecule has 0 spiro atoms. The molecular formula is C28H30ClF5N4O5S. The predicted octanol–water partition coefficient (Wildman–Crippen LogP) is 4.77. The summed E-state index contributed by atoms with van der Waals surface area (Å²) in [7, 11) is 1.33. The monoisotopic (exact) mass is 664 g/mol. The number of thioether (sulfide) groups is 1. The first-order valence-electron chi connectivity index (χ1n) is 13.7. The number of methoxy groups -OCH3 is 1. The number of alkyl halides is 2. The number of hydrogen-bond acceptors (Lipinski definition) is 9. The van der Waals surface area contributed by atoms with Crippen LogP contribution in [0.1, 0.15) is 48.4 Å². The van der Waals surface area contributed by atoms with Gasteiger partial charge in [-0.2, -0.15) is 0 Å². The third-order valence-electron chi connectivity index (χ3n) is 8.06. The summed E-state index contributed by atoms with van der Waals surface area (Å²) in [6, 6.07) is 3.63. The van der Waals surface area contributed by atoms with Gasteiger partial charge in [-0.05, 0) is 44.0 Å². The predicted molar refractivity (Wildman–Crippen MR) is 150 cm³/mol. The quantitative estimate of drug-likeness (QED) is 0.231. The summed E-state index contributed by atoms with van der Waals surface area (Å²) < 4.78 is 82.6. The number of aliphatic hydroxyl groups excluding tert-OH is 2. The van der Waals surface area contributed by atoms with E-state index in [0.29, 0.717) is 5.69 Å². The summed E-state index contributed by atoms with van der Waals surface area (Å²) in [6.07, 6.45) is -4.08. The van der Waals surface area contributed by atoms with E-state index in [-0.39, 0.29) is 34.8 Å². The highest BCUT2D eigenvalue weighted by atomic mass is 35.5. The first kappa shape index (κ1) is 33.0. The van der Waals surface area contributed by atoms with Gasteiger partial charge in [0.05, 0.1) is 34.4 Å². The topological polar surface area (TPSA) is 123 Å². The molecule has 1 saturated carbocycles. The van der Waals surface area contributed by atoms with Gasteiger partial charge in [-0.1, -0.05) is 16.8 Å². The van der Waals surface area contributed by atoms with Crippen LogP contribution in [0.5, 0.6) is 0 Å². The number of rotatable bonds is 8. The van der Waals surface area contributed by atoms with Crippen LogP contribution < -0.4 is 0 Å². The van der Waals surface area contributed by atoms with E-state index in [2.05, 4.69) is 15.3 Å². The molecule has 9 nitrogen and oxygen atoms in total. The molecule has 3 aromatic rings. The second kappa shape index (κ2) is 12.8. The molecule has 0 unspecified atom stereocenters. The van der Waals surface area contributed by atoms with Gasteiger partial charge in [0, 0.05) is 31.2 Å². The number of aliphatic hydroxyl groups is 3. The molecule has 1 aliphatic carbocycles. The van der Waals surface area contributed by atoms with Crippen LogP contribution in [0.15, 0.2) is 30.5 Å². The Morgan fingerprint density at radius 1 is 1.16 bits per heavy atom. The maximum Gasteiger partial charge on any atom is 0.248 e. The highest BCUT2D eigenvalue weighted by Crippen LogP contribution is 2.53. The molecule has 2 fully saturated rings. The standard InChI is InChI=1S/C28H30ClF5N4O5S/c1-13-3-4-15(29)21(35-13)25(27(41)5-7-28(33,34)8-6-27)44-26-24(42-2)22(23(40)19(12-39)43-26)38-11-18(36-37-38)14-9-16(30)20(32)17(31)10-14/h3-4,9-11,19,22-26,39-41H,5-8,12H2,1-2H3/t19-,22+,23+,24-,25+,26+/m1/s1. The number of halogens is 6. The van der Waals surface area contributed by atoms with Crippen molar-refractivity contribution in [3.05, 3.63) is 64.3 Å². The van der Waals surface area contributed by atoms with Gasteiger partial charge in [0.1, 0.15) is 35.5 Å². The number of benzene rings is 1. The highest BCUT2D eigenvalue weighted by molar-refractivity contribution is 8.00. The van der Waals surface area contributed by atoms with Crippen molar-refractivity contribution >= 4 is 23.4 Å². The third-order valence-corrected chi connectivity index (χ3v) is 9.96. The Hall–Kier alpha value is -2.40. The molecule has 1 aliphatic heterocycles. The summed E-state index contributed by atoms with van der Waals surface area (Å²) in [5.74, 6) is -7.45. The zero-order valence-electron chi connectivity index (χ0n) is 23.5. The van der Waals surface area contributed by atoms with E-state index in [4.69, 9.17) is 21.1 Å². The van der Waals surface area contributed by atoms with Crippen molar-refractivity contribution < 1.29 is 46.7 Å². The van der Waals surface area contributed by atoms with Crippen molar-refractivity contribution in [3.63, 3.8) is 0 Å². The first-order valence-corrected chi connectivity index (χ1v) is 15.0. The van der Waals surface area contributed by atoms with E-state index in [0.717, 1.165) is 23.9 Å². The molecule has 16 heteroatoms. The molecule has 2 aliphatic rings. The Labute approximate surface area is 258 Å². The average Bonchev–Trinajstić information content (AvgIpc) is 3.47. The van der Waals surface area contributed by atoms with E-state index in [9.17, 15) is 37.3 Å². The van der Waals surface area contributed by atoms with Crippen LogP contribution >= 0.6 is 23.4 Å². The van der Waals surface area contributed by atoms with Crippen molar-refractivity contribution in [3.8, 4) is 11.3 Å². The van der Waals surface area contributed by atoms with Crippen LogP contribution in [0, 0.1) is 24.4 Å². The van der Waals surface area contributed by atoms with E-state index >= 15 is 0 Å². The Balaban J connectivity index is 1.52. The van der Waals surface area contributed by atoms with Gasteiger partial charge >= 0.3 is 0 Å². The van der Waals surface area contributed by atoms with Crippen molar-refractivity contribution in [1.82, 2.24) is 20.0 Å². The fourth-order valence-corrected chi connectivity index (χ4v) is 7.59. The molecule has 0 bridgehead atoms. The minimum absolute atomic E-state index is 0.0489. The van der Waals surface area contributed by atoms with E-state index < -0.39 is 83.5 Å². The third kappa shape index (κ3) is 6.46. The number of ether oxygens (including phenoxy) is 2. The van der Waals surface area contributed by atoms with E-state index in [1.807, 2.05) is 0 Å². The number of aryl methyl sites for hydroxylation is 1. The van der Waals surface area contributed by atoms with Gasteiger partial charge in [-0.3, -0.25) is 4.98 Å². The Kier molecular flexibility index (Phi) is 9.57. The van der Waals surface area contributed by atoms with Gasteiger partial charge in [0.15, 0.2) is 17.5 Å². The van der Waals surface area contributed by atoms with Gasteiger partial charge < -0.3 is 24.8 Å². The van der Waals surface area contributed by atoms with Crippen LogP contribution in [0.4, 0.5) is 22.0 Å². The van der Waals surface area contributed by atoms with Crippen LogP contribution in [-0.4, -0.2) is 84.3 Å². The lowest BCUT2D eigenvalue weighted by atomic mass is 9.79. The molecule has 2 aromatic heterocycles. The minimum Gasteiger partial charge on any atom is -0.394 e. The molecule has 5 rings (SSSR count). The zero-order chi connectivity index (χ0) is 32.0. The molecule has 0 radical (unpaired) electrons. The van der Waals surface area contributed by atoms with Gasteiger partial charge in [-0.15, -0.1) is 16.9 Å². The molecule has 240 valence electrons. The van der Waals surface area contributed by atoms with Crippen molar-refractivity contribution in [1.29, 1.82) is 0 Å². The lowest BCUT2D eigenvalue weighted by Gasteiger charge is -2.47. The summed E-state index contributed by atoms with van der Waals surface area (Å²) in [5.41, 5.74) is -2.10. The van der Waals surface area contributed by atoms with Crippen molar-refractivity contribution in [2.75, 3.05) is 13.7 Å². The van der Waals surface area contributed by atoms with Crippen LogP contribution in [-0.2, 0) is 9.47 Å². The van der Waals surface area contributed by atoms with E-state index in [1.54, 1.807) is 19.1 Å². The van der Waals surface area contributed by atoms with Crippen LogP contribution in [0.2, 0.25) is 5.02 Å². The van der Waals surface area contributed by atoms with Crippen molar-refractivity contribution in [2.45, 2.75) is 79.2 Å². The number of aromatic nitrogens is 4. The lowest BCUT2D eigenvalue weighted by Crippen LogP contribution is -2.56. The molecule has 3 heterocycles. The summed E-state index contributed by atoms with van der Waals surface area (Å²) in [6.45, 7) is 1.07. The zero-order valence-corrected chi connectivity index (χ0v) is 25.1. The Morgan fingerprint density at radius 2 is 1.82 bits per heavy atom. The number of hydrogen-bond donors (Lipinski definition) is 3. The Bertz CT molecular complexity index is 1470. The second-order valence-electron chi connectivity index (χ2n) is 11.0. The number of pyridine rings is 1. The van der Waals surface area contributed by atoms with Gasteiger partial charge in [0.2, 0.25) is 5.92 Å². The SMILES string of the molecule is CO[C@@H]1[C@@H](n2cc(-c3cc(F)c(F)c(F)c3)nn2)[C@@H](O)[C@@H](CO)O[C@H]1S[C@@H](c1nc(C)ccc1Cl)C1(O)CCC(F)(F)CC1. The maximum absolute atomic E-state index is 14.2.